The molecule has 0 unspecified atom stereocenters. The van der Waals surface area contributed by atoms with Crippen molar-refractivity contribution in [3.63, 3.8) is 0 Å². The lowest BCUT2D eigenvalue weighted by Crippen LogP contribution is -2.14. The largest absolute Gasteiger partial charge is 0.463 e. The van der Waals surface area contributed by atoms with Crippen molar-refractivity contribution in [1.82, 2.24) is 14.8 Å². The Morgan fingerprint density at radius 1 is 1.00 bits per heavy atom. The number of pyridine rings is 1. The van der Waals surface area contributed by atoms with Crippen LogP contribution in [0.3, 0.4) is 0 Å². The highest BCUT2D eigenvalue weighted by Gasteiger charge is 2.20. The van der Waals surface area contributed by atoms with Gasteiger partial charge in [-0.1, -0.05) is 48.5 Å². The summed E-state index contributed by atoms with van der Waals surface area (Å²) in [6.45, 7) is 4.06. The molecule has 0 bridgehead atoms. The van der Waals surface area contributed by atoms with Gasteiger partial charge in [-0.25, -0.2) is 9.67 Å². The van der Waals surface area contributed by atoms with E-state index >= 15 is 0 Å². The SMILES string of the molecule is CC(C)n1ncc2c(C(=O)Nc3ccccc3-c3ccccc3)cc(-c3ccco3)nc21. The van der Waals surface area contributed by atoms with E-state index in [1.165, 1.54) is 0 Å². The number of amides is 1. The van der Waals surface area contributed by atoms with Crippen LogP contribution in [0.15, 0.2) is 89.7 Å². The van der Waals surface area contributed by atoms with Crippen LogP contribution in [0.1, 0.15) is 30.2 Å². The van der Waals surface area contributed by atoms with Crippen LogP contribution in [0.4, 0.5) is 5.69 Å². The van der Waals surface area contributed by atoms with Crippen LogP contribution in [-0.4, -0.2) is 20.7 Å². The zero-order valence-electron chi connectivity index (χ0n) is 17.8. The highest BCUT2D eigenvalue weighted by molar-refractivity contribution is 6.13. The molecule has 6 nitrogen and oxygen atoms in total. The van der Waals surface area contributed by atoms with E-state index in [4.69, 9.17) is 9.40 Å². The van der Waals surface area contributed by atoms with E-state index in [-0.39, 0.29) is 11.9 Å². The predicted molar refractivity (Wildman–Crippen MR) is 125 cm³/mol. The zero-order valence-corrected chi connectivity index (χ0v) is 17.8. The van der Waals surface area contributed by atoms with Crippen LogP contribution in [0.2, 0.25) is 0 Å². The third-order valence-electron chi connectivity index (χ3n) is 5.33. The lowest BCUT2D eigenvalue weighted by Gasteiger charge is -2.13. The maximum atomic E-state index is 13.5. The van der Waals surface area contributed by atoms with Gasteiger partial charge >= 0.3 is 0 Å². The first-order chi connectivity index (χ1) is 15.6. The summed E-state index contributed by atoms with van der Waals surface area (Å²) >= 11 is 0. The number of hydrogen-bond acceptors (Lipinski definition) is 4. The van der Waals surface area contributed by atoms with Gasteiger partial charge in [-0.05, 0) is 43.7 Å². The number of furan rings is 1. The summed E-state index contributed by atoms with van der Waals surface area (Å²) < 4.78 is 7.37. The molecule has 0 spiro atoms. The average molecular weight is 422 g/mol. The standard InChI is InChI=1S/C26H22N4O2/c1-17(2)30-25-21(16-27-30)20(15-23(28-25)24-13-8-14-32-24)26(31)29-22-12-7-6-11-19(22)18-9-4-3-5-10-18/h3-17H,1-2H3,(H,29,31). The Kier molecular flexibility index (Phi) is 5.03. The van der Waals surface area contributed by atoms with Crippen molar-refractivity contribution in [2.75, 3.05) is 5.32 Å². The van der Waals surface area contributed by atoms with Crippen LogP contribution in [0.25, 0.3) is 33.6 Å². The summed E-state index contributed by atoms with van der Waals surface area (Å²) in [4.78, 5) is 18.2. The summed E-state index contributed by atoms with van der Waals surface area (Å²) in [5.41, 5.74) is 4.46. The van der Waals surface area contributed by atoms with Crippen molar-refractivity contribution < 1.29 is 9.21 Å². The fraction of sp³-hybridized carbons (Fsp3) is 0.115. The Balaban J connectivity index is 1.60. The lowest BCUT2D eigenvalue weighted by atomic mass is 10.0. The molecule has 0 atom stereocenters. The molecule has 3 heterocycles. The molecule has 0 radical (unpaired) electrons. The van der Waals surface area contributed by atoms with Crippen LogP contribution >= 0.6 is 0 Å². The number of nitrogens with one attached hydrogen (secondary N) is 1. The predicted octanol–water partition coefficient (Wildman–Crippen LogP) is 6.19. The molecule has 5 rings (SSSR count). The monoisotopic (exact) mass is 422 g/mol. The van der Waals surface area contributed by atoms with E-state index < -0.39 is 0 Å². The summed E-state index contributed by atoms with van der Waals surface area (Å²) in [6, 6.07) is 23.3. The second-order valence-electron chi connectivity index (χ2n) is 7.82. The Labute approximate surface area is 185 Å². The number of anilines is 1. The Bertz CT molecular complexity index is 1390. The topological polar surface area (TPSA) is 73.0 Å². The van der Waals surface area contributed by atoms with Crippen molar-refractivity contribution in [2.45, 2.75) is 19.9 Å². The number of aromatic nitrogens is 3. The van der Waals surface area contributed by atoms with Gasteiger partial charge in [0.05, 0.1) is 23.4 Å². The molecule has 158 valence electrons. The molecule has 1 amide bonds. The second-order valence-corrected chi connectivity index (χ2v) is 7.82. The summed E-state index contributed by atoms with van der Waals surface area (Å²) in [5.74, 6) is 0.374. The van der Waals surface area contributed by atoms with Crippen molar-refractivity contribution in [1.29, 1.82) is 0 Å². The molecule has 6 heteroatoms. The summed E-state index contributed by atoms with van der Waals surface area (Å²) in [6.07, 6.45) is 3.29. The Hall–Kier alpha value is -4.19. The van der Waals surface area contributed by atoms with E-state index in [0.29, 0.717) is 28.1 Å². The van der Waals surface area contributed by atoms with E-state index in [1.807, 2.05) is 79.2 Å². The average Bonchev–Trinajstić information content (AvgIpc) is 3.49. The van der Waals surface area contributed by atoms with Crippen molar-refractivity contribution in [3.05, 3.63) is 90.8 Å². The van der Waals surface area contributed by atoms with E-state index in [1.54, 1.807) is 24.6 Å². The maximum Gasteiger partial charge on any atom is 0.256 e. The molecule has 1 N–H and O–H groups in total. The van der Waals surface area contributed by atoms with Gasteiger partial charge in [-0.2, -0.15) is 5.10 Å². The molecule has 3 aromatic heterocycles. The molecule has 0 aliphatic carbocycles. The molecule has 5 aromatic rings. The summed E-state index contributed by atoms with van der Waals surface area (Å²) in [7, 11) is 0. The van der Waals surface area contributed by atoms with Gasteiger partial charge in [-0.3, -0.25) is 4.79 Å². The van der Waals surface area contributed by atoms with Crippen LogP contribution in [0, 0.1) is 0 Å². The fourth-order valence-corrected chi connectivity index (χ4v) is 3.79. The number of hydrogen-bond donors (Lipinski definition) is 1. The number of carbonyl (C=O) groups is 1. The van der Waals surface area contributed by atoms with Crippen molar-refractivity contribution in [2.24, 2.45) is 0 Å². The molecule has 0 aliphatic heterocycles. The number of para-hydroxylation sites is 1. The van der Waals surface area contributed by atoms with Crippen molar-refractivity contribution in [3.8, 4) is 22.6 Å². The number of nitrogens with zero attached hydrogens (tertiary/aromatic N) is 3. The normalized spacial score (nSPS) is 11.2. The highest BCUT2D eigenvalue weighted by atomic mass is 16.3. The van der Waals surface area contributed by atoms with Crippen LogP contribution < -0.4 is 5.32 Å². The minimum Gasteiger partial charge on any atom is -0.463 e. The molecule has 2 aromatic carbocycles. The lowest BCUT2D eigenvalue weighted by molar-refractivity contribution is 0.102. The Morgan fingerprint density at radius 3 is 2.53 bits per heavy atom. The Morgan fingerprint density at radius 2 is 1.78 bits per heavy atom. The third-order valence-corrected chi connectivity index (χ3v) is 5.33. The van der Waals surface area contributed by atoms with Gasteiger partial charge in [0.1, 0.15) is 5.69 Å². The van der Waals surface area contributed by atoms with Crippen LogP contribution in [0.5, 0.6) is 0 Å². The van der Waals surface area contributed by atoms with Gasteiger partial charge < -0.3 is 9.73 Å². The molecular weight excluding hydrogens is 400 g/mol. The van der Waals surface area contributed by atoms with Gasteiger partial charge in [0.15, 0.2) is 11.4 Å². The van der Waals surface area contributed by atoms with E-state index in [9.17, 15) is 4.79 Å². The van der Waals surface area contributed by atoms with Crippen molar-refractivity contribution >= 4 is 22.6 Å². The highest BCUT2D eigenvalue weighted by Crippen LogP contribution is 2.30. The number of carbonyl (C=O) groups excluding carboxylic acids is 1. The quantitative estimate of drug-likeness (QED) is 0.366. The first-order valence-corrected chi connectivity index (χ1v) is 10.5. The van der Waals surface area contributed by atoms with Gasteiger partial charge in [-0.15, -0.1) is 0 Å². The molecule has 32 heavy (non-hydrogen) atoms. The minimum absolute atomic E-state index is 0.0987. The van der Waals surface area contributed by atoms with Gasteiger partial charge in [0, 0.05) is 17.3 Å². The maximum absolute atomic E-state index is 13.5. The number of fused-ring (bicyclic) bond motifs is 1. The zero-order chi connectivity index (χ0) is 22.1. The molecule has 0 aliphatic rings. The smallest absolute Gasteiger partial charge is 0.256 e. The van der Waals surface area contributed by atoms with Gasteiger partial charge in [0.25, 0.3) is 5.91 Å². The molecular formula is C26H22N4O2. The number of rotatable bonds is 5. The fourth-order valence-electron chi connectivity index (χ4n) is 3.79. The van der Waals surface area contributed by atoms with Crippen LogP contribution in [-0.2, 0) is 0 Å². The minimum atomic E-state index is -0.225. The van der Waals surface area contributed by atoms with E-state index in [2.05, 4.69) is 10.4 Å². The first kappa shape index (κ1) is 19.8. The van der Waals surface area contributed by atoms with E-state index in [0.717, 1.165) is 16.8 Å². The second kappa shape index (κ2) is 8.15. The molecule has 0 saturated heterocycles. The summed E-state index contributed by atoms with van der Waals surface area (Å²) in [5, 5.41) is 8.27. The molecule has 0 saturated carbocycles. The first-order valence-electron chi connectivity index (χ1n) is 10.5. The third kappa shape index (κ3) is 3.56. The van der Waals surface area contributed by atoms with Gasteiger partial charge in [0.2, 0.25) is 0 Å². The molecule has 0 fully saturated rings. The number of benzene rings is 2.